The Morgan fingerprint density at radius 2 is 1.81 bits per heavy atom. The number of carbonyl (C=O) groups is 3. The predicted molar refractivity (Wildman–Crippen MR) is 164 cm³/mol. The fourth-order valence-electron chi connectivity index (χ4n) is 5.06. The zero-order valence-corrected chi connectivity index (χ0v) is 25.9. The highest BCUT2D eigenvalue weighted by Gasteiger charge is 2.37. The number of H-pyrrole nitrogens is 1. The van der Waals surface area contributed by atoms with E-state index in [1.54, 1.807) is 17.3 Å². The minimum Gasteiger partial charge on any atom is -0.453 e. The van der Waals surface area contributed by atoms with Crippen molar-refractivity contribution >= 4 is 40.2 Å². The van der Waals surface area contributed by atoms with Gasteiger partial charge in [0.1, 0.15) is 17.5 Å². The van der Waals surface area contributed by atoms with E-state index in [1.807, 2.05) is 69.5 Å². The van der Waals surface area contributed by atoms with Crippen molar-refractivity contribution in [2.24, 2.45) is 5.92 Å². The van der Waals surface area contributed by atoms with Crippen LogP contribution in [0.4, 0.5) is 15.4 Å². The first-order chi connectivity index (χ1) is 20.4. The predicted octanol–water partition coefficient (Wildman–Crippen LogP) is 5.84. The van der Waals surface area contributed by atoms with Gasteiger partial charge in [0.05, 0.1) is 36.1 Å². The van der Waals surface area contributed by atoms with E-state index in [1.165, 1.54) is 18.4 Å². The van der Waals surface area contributed by atoms with Gasteiger partial charge in [-0.2, -0.15) is 0 Å². The second-order valence-corrected chi connectivity index (χ2v) is 12.9. The van der Waals surface area contributed by atoms with Crippen LogP contribution in [-0.4, -0.2) is 67.6 Å². The number of hydrogen-bond donors (Lipinski definition) is 3. The van der Waals surface area contributed by atoms with Crippen LogP contribution >= 0.6 is 11.3 Å². The Balaban J connectivity index is 1.27. The second kappa shape index (κ2) is 12.1. The Hall–Kier alpha value is -4.39. The summed E-state index contributed by atoms with van der Waals surface area (Å²) in [7, 11) is 1.29. The number of amides is 3. The molecule has 2 atom stereocenters. The van der Waals surface area contributed by atoms with Gasteiger partial charge in [-0.15, -0.1) is 0 Å². The van der Waals surface area contributed by atoms with E-state index < -0.39 is 23.8 Å². The van der Waals surface area contributed by atoms with Gasteiger partial charge in [-0.1, -0.05) is 49.4 Å². The Bertz CT molecular complexity index is 1580. The van der Waals surface area contributed by atoms with Crippen molar-refractivity contribution in [3.8, 4) is 21.7 Å². The first-order valence-electron chi connectivity index (χ1n) is 14.2. The van der Waals surface area contributed by atoms with Crippen LogP contribution in [0.5, 0.6) is 0 Å². The van der Waals surface area contributed by atoms with Gasteiger partial charge in [0.15, 0.2) is 10.8 Å². The van der Waals surface area contributed by atoms with Crippen molar-refractivity contribution in [2.45, 2.75) is 65.1 Å². The van der Waals surface area contributed by atoms with E-state index in [-0.39, 0.29) is 17.9 Å². The molecule has 43 heavy (non-hydrogen) atoms. The molecular weight excluding hydrogens is 570 g/mol. The van der Waals surface area contributed by atoms with Crippen LogP contribution in [0.1, 0.15) is 59.3 Å². The first-order valence-corrected chi connectivity index (χ1v) is 15.0. The topological polar surface area (TPSA) is 143 Å². The summed E-state index contributed by atoms with van der Waals surface area (Å²) in [5, 5.41) is 5.35. The lowest BCUT2D eigenvalue weighted by Crippen LogP contribution is -2.51. The first kappa shape index (κ1) is 30.1. The SMILES string of the molecule is COC(=O)NC(C(=O)N1CCCC1c1ncc(-c2ccc(-c3cn4cc(NC(=O)OC(C)(C)C)nc4s3)cc2)[nH]1)C(C)C. The lowest BCUT2D eigenvalue weighted by atomic mass is 10.0. The zero-order valence-electron chi connectivity index (χ0n) is 25.1. The van der Waals surface area contributed by atoms with E-state index in [2.05, 4.69) is 25.6 Å². The van der Waals surface area contributed by atoms with Crippen LogP contribution in [0, 0.1) is 5.92 Å². The maximum absolute atomic E-state index is 13.4. The molecule has 228 valence electrons. The molecule has 1 aromatic carbocycles. The molecule has 0 radical (unpaired) electrons. The largest absolute Gasteiger partial charge is 0.453 e. The number of fused-ring (bicyclic) bond motifs is 1. The molecular formula is C30H37N7O5S. The Morgan fingerprint density at radius 3 is 2.47 bits per heavy atom. The van der Waals surface area contributed by atoms with Gasteiger partial charge in [0.2, 0.25) is 5.91 Å². The highest BCUT2D eigenvalue weighted by Crippen LogP contribution is 2.34. The number of aromatic amines is 1. The number of likely N-dealkylation sites (tertiary alicyclic amines) is 1. The third-order valence-electron chi connectivity index (χ3n) is 7.10. The van der Waals surface area contributed by atoms with Crippen molar-refractivity contribution in [3.05, 3.63) is 48.7 Å². The highest BCUT2D eigenvalue weighted by molar-refractivity contribution is 7.20. The standard InChI is InChI=1S/C30H37N7O5S/c1-17(2)24(35-28(39)41-6)26(38)37-13-7-8-21(37)25-31-14-20(32-25)18-9-11-19(12-10-18)22-15-36-16-23(33-27(36)43-22)34-29(40)42-30(3,4)5/h9-12,14-17,21,24H,7-8,13H2,1-6H3,(H,31,32)(H,34,40)(H,35,39). The number of thiazole rings is 1. The van der Waals surface area contributed by atoms with Crippen LogP contribution in [0.2, 0.25) is 0 Å². The smallest absolute Gasteiger partial charge is 0.413 e. The molecule has 12 nitrogen and oxygen atoms in total. The molecule has 1 saturated heterocycles. The van der Waals surface area contributed by atoms with Crippen molar-refractivity contribution < 1.29 is 23.9 Å². The molecule has 3 aromatic heterocycles. The van der Waals surface area contributed by atoms with Crippen LogP contribution in [0.25, 0.3) is 26.7 Å². The average Bonchev–Trinajstić information content (AvgIpc) is 3.73. The van der Waals surface area contributed by atoms with Gasteiger partial charge in [-0.3, -0.25) is 14.5 Å². The van der Waals surface area contributed by atoms with Crippen LogP contribution in [0.15, 0.2) is 42.9 Å². The number of hydrogen-bond acceptors (Lipinski definition) is 8. The summed E-state index contributed by atoms with van der Waals surface area (Å²) in [4.78, 5) is 53.4. The Morgan fingerprint density at radius 1 is 1.09 bits per heavy atom. The van der Waals surface area contributed by atoms with Gasteiger partial charge in [0, 0.05) is 12.7 Å². The zero-order chi connectivity index (χ0) is 30.9. The van der Waals surface area contributed by atoms with E-state index in [0.29, 0.717) is 12.4 Å². The summed E-state index contributed by atoms with van der Waals surface area (Å²) in [5.74, 6) is 0.919. The third kappa shape index (κ3) is 6.82. The number of alkyl carbamates (subject to hydrolysis) is 1. The van der Waals surface area contributed by atoms with Gasteiger partial charge in [0.25, 0.3) is 0 Å². The summed E-state index contributed by atoms with van der Waals surface area (Å²) in [6.07, 6.45) is 5.99. The summed E-state index contributed by atoms with van der Waals surface area (Å²) in [6.45, 7) is 9.82. The normalized spacial score (nSPS) is 16.0. The molecule has 5 rings (SSSR count). The number of imidazole rings is 2. The van der Waals surface area contributed by atoms with Crippen molar-refractivity contribution in [3.63, 3.8) is 0 Å². The minimum atomic E-state index is -0.678. The number of ether oxygens (including phenoxy) is 2. The number of nitrogens with one attached hydrogen (secondary N) is 3. The highest BCUT2D eigenvalue weighted by atomic mass is 32.1. The monoisotopic (exact) mass is 607 g/mol. The summed E-state index contributed by atoms with van der Waals surface area (Å²) < 4.78 is 11.9. The molecule has 0 bridgehead atoms. The van der Waals surface area contributed by atoms with Crippen molar-refractivity contribution in [1.29, 1.82) is 0 Å². The van der Waals surface area contributed by atoms with Gasteiger partial charge < -0.3 is 24.7 Å². The number of rotatable bonds is 7. The summed E-state index contributed by atoms with van der Waals surface area (Å²) >= 11 is 1.51. The fourth-order valence-corrected chi connectivity index (χ4v) is 6.03. The van der Waals surface area contributed by atoms with Gasteiger partial charge in [-0.05, 0) is 50.7 Å². The van der Waals surface area contributed by atoms with Crippen molar-refractivity contribution in [2.75, 3.05) is 19.0 Å². The quantitative estimate of drug-likeness (QED) is 0.239. The third-order valence-corrected chi connectivity index (χ3v) is 8.15. The van der Waals surface area contributed by atoms with Crippen LogP contribution in [-0.2, 0) is 14.3 Å². The van der Waals surface area contributed by atoms with Crippen molar-refractivity contribution in [1.82, 2.24) is 29.6 Å². The molecule has 1 fully saturated rings. The lowest BCUT2D eigenvalue weighted by Gasteiger charge is -2.30. The van der Waals surface area contributed by atoms with Gasteiger partial charge in [-0.25, -0.2) is 19.6 Å². The second-order valence-electron chi connectivity index (χ2n) is 11.8. The summed E-state index contributed by atoms with van der Waals surface area (Å²) in [6, 6.07) is 7.26. The molecule has 1 aliphatic rings. The van der Waals surface area contributed by atoms with E-state index in [0.717, 1.165) is 45.3 Å². The molecule has 13 heteroatoms. The van der Waals surface area contributed by atoms with E-state index in [9.17, 15) is 14.4 Å². The van der Waals surface area contributed by atoms with Crippen LogP contribution < -0.4 is 10.6 Å². The molecule has 0 aliphatic carbocycles. The van der Waals surface area contributed by atoms with Crippen LogP contribution in [0.3, 0.4) is 0 Å². The summed E-state index contributed by atoms with van der Waals surface area (Å²) in [5.41, 5.74) is 2.27. The number of nitrogens with zero attached hydrogens (tertiary/aromatic N) is 4. The molecule has 4 heterocycles. The number of anilines is 1. The maximum atomic E-state index is 13.4. The van der Waals surface area contributed by atoms with Gasteiger partial charge >= 0.3 is 12.2 Å². The molecule has 2 unspecified atom stereocenters. The fraction of sp³-hybridized carbons (Fsp3) is 0.433. The number of carbonyl (C=O) groups excluding carboxylic acids is 3. The molecule has 0 spiro atoms. The molecule has 3 amide bonds. The lowest BCUT2D eigenvalue weighted by molar-refractivity contribution is -0.135. The Kier molecular flexibility index (Phi) is 8.45. The van der Waals surface area contributed by atoms with E-state index >= 15 is 0 Å². The Labute approximate surface area is 253 Å². The minimum absolute atomic E-state index is 0.0953. The maximum Gasteiger partial charge on any atom is 0.413 e. The molecule has 4 aromatic rings. The number of aromatic nitrogens is 4. The number of benzene rings is 1. The van der Waals surface area contributed by atoms with E-state index in [4.69, 9.17) is 9.47 Å². The number of methoxy groups -OCH3 is 1. The molecule has 0 saturated carbocycles. The molecule has 3 N–H and O–H groups in total. The average molecular weight is 608 g/mol. The molecule has 1 aliphatic heterocycles.